The van der Waals surface area contributed by atoms with Gasteiger partial charge < -0.3 is 52.0 Å². The van der Waals surface area contributed by atoms with Gasteiger partial charge in [0, 0.05) is 24.9 Å². The number of H-pyrrole nitrogens is 1. The van der Waals surface area contributed by atoms with Gasteiger partial charge in [0.05, 0.1) is 18.8 Å². The first-order chi connectivity index (χ1) is 24.1. The number of phosphoric ester groups is 1. The number of carboxylic acids is 2. The van der Waals surface area contributed by atoms with E-state index in [1.54, 1.807) is 0 Å². The molecule has 1 aliphatic heterocycles. The first kappa shape index (κ1) is 40.5. The van der Waals surface area contributed by atoms with Crippen LogP contribution in [0.15, 0.2) is 36.8 Å². The van der Waals surface area contributed by atoms with Crippen molar-refractivity contribution in [1.29, 1.82) is 0 Å². The predicted molar refractivity (Wildman–Crippen MR) is 176 cm³/mol. The number of imidazole rings is 1. The normalized spacial score (nSPS) is 16.7. The molecule has 0 saturated carbocycles. The van der Waals surface area contributed by atoms with Crippen LogP contribution in [0.4, 0.5) is 0 Å². The molecular weight excluding hydrogens is 695 g/mol. The molecule has 0 aliphatic carbocycles. The monoisotopic (exact) mass is 738 g/mol. The number of benzene rings is 1. The van der Waals surface area contributed by atoms with E-state index in [9.17, 15) is 43.5 Å². The summed E-state index contributed by atoms with van der Waals surface area (Å²) in [5, 5.41) is 26.5. The maximum absolute atomic E-state index is 13.8. The highest BCUT2D eigenvalue weighted by Gasteiger charge is 2.39. The molecule has 12 N–H and O–H groups in total. The van der Waals surface area contributed by atoms with Crippen molar-refractivity contribution in [3.63, 3.8) is 0 Å². The second-order valence-corrected chi connectivity index (χ2v) is 13.1. The molecule has 1 aromatic heterocycles. The third-order valence-corrected chi connectivity index (χ3v) is 8.39. The van der Waals surface area contributed by atoms with E-state index >= 15 is 0 Å². The van der Waals surface area contributed by atoms with Gasteiger partial charge in [0.15, 0.2) is 0 Å². The molecule has 5 atom stereocenters. The number of nitrogens with zero attached hydrogens (tertiary/aromatic N) is 2. The fourth-order valence-corrected chi connectivity index (χ4v) is 5.84. The Bertz CT molecular complexity index is 1570. The van der Waals surface area contributed by atoms with Crippen molar-refractivity contribution < 1.29 is 57.9 Å². The molecular formula is C30H43N8O12P. The minimum absolute atomic E-state index is 0.0686. The molecule has 0 unspecified atom stereocenters. The smallest absolute Gasteiger partial charge is 0.481 e. The lowest BCUT2D eigenvalue weighted by molar-refractivity contribution is -0.145. The number of hydrogen-bond donors (Lipinski definition) is 10. The topological polar surface area (TPSA) is 330 Å². The standard InChI is InChI=1S/C30H43N8O12P/c31-10-2-1-4-21(29(44)38-11-3-5-24(38)28(43)37-23(30(45)46)13-18-15-33-16-34-18)35-27(42)22(14-25(39)40)36-26(41)20(32)12-17-6-8-19(9-7-17)50-51(47,48)49/h6-9,15-16,20-24H,1-5,10-14,31-32H2,(H,33,34)(H,35,42)(H,36,41)(H,37,43)(H,39,40)(H,45,46)(H2,47,48,49)/t20-,21-,22-,23-,24-/m0/s1. The molecule has 3 rings (SSSR count). The Hall–Kier alpha value is -4.88. The van der Waals surface area contributed by atoms with Crippen LogP contribution in [0.1, 0.15) is 49.8 Å². The zero-order chi connectivity index (χ0) is 37.7. The van der Waals surface area contributed by atoms with Crippen molar-refractivity contribution >= 4 is 43.4 Å². The number of aromatic amines is 1. The number of phosphoric acid groups is 1. The van der Waals surface area contributed by atoms with Gasteiger partial charge in [0.1, 0.15) is 29.9 Å². The Kier molecular flexibility index (Phi) is 15.0. The van der Waals surface area contributed by atoms with Gasteiger partial charge in [-0.15, -0.1) is 0 Å². The summed E-state index contributed by atoms with van der Waals surface area (Å²) in [6, 6.07) is -1.22. The van der Waals surface area contributed by atoms with Crippen LogP contribution in [0.5, 0.6) is 5.75 Å². The summed E-state index contributed by atoms with van der Waals surface area (Å²) >= 11 is 0. The van der Waals surface area contributed by atoms with Crippen molar-refractivity contribution in [2.24, 2.45) is 11.5 Å². The molecule has 1 aromatic carbocycles. The van der Waals surface area contributed by atoms with Crippen molar-refractivity contribution in [2.75, 3.05) is 13.1 Å². The van der Waals surface area contributed by atoms with Crippen LogP contribution in [0, 0.1) is 0 Å². The molecule has 1 aliphatic rings. The number of unbranched alkanes of at least 4 members (excludes halogenated alkanes) is 1. The second kappa shape index (κ2) is 18.9. The van der Waals surface area contributed by atoms with E-state index in [-0.39, 0.29) is 44.5 Å². The van der Waals surface area contributed by atoms with Gasteiger partial charge in [-0.3, -0.25) is 33.8 Å². The summed E-state index contributed by atoms with van der Waals surface area (Å²) in [7, 11) is -4.78. The highest BCUT2D eigenvalue weighted by atomic mass is 31.2. The van der Waals surface area contributed by atoms with Gasteiger partial charge in [0.25, 0.3) is 0 Å². The first-order valence-electron chi connectivity index (χ1n) is 16.0. The maximum atomic E-state index is 13.8. The van der Waals surface area contributed by atoms with Gasteiger partial charge in [-0.05, 0) is 62.8 Å². The summed E-state index contributed by atoms with van der Waals surface area (Å²) in [6.07, 6.45) is 3.31. The Morgan fingerprint density at radius 3 is 2.25 bits per heavy atom. The highest BCUT2D eigenvalue weighted by molar-refractivity contribution is 7.46. The van der Waals surface area contributed by atoms with Gasteiger partial charge in [0.2, 0.25) is 23.6 Å². The number of carbonyl (C=O) groups is 6. The van der Waals surface area contributed by atoms with E-state index < -0.39 is 80.0 Å². The van der Waals surface area contributed by atoms with E-state index in [2.05, 4.69) is 30.4 Å². The number of aromatic nitrogens is 2. The molecule has 1 saturated heterocycles. The van der Waals surface area contributed by atoms with Crippen LogP contribution in [0.25, 0.3) is 0 Å². The fraction of sp³-hybridized carbons (Fsp3) is 0.500. The number of likely N-dealkylation sites (tertiary alicyclic amines) is 1. The van der Waals surface area contributed by atoms with Crippen LogP contribution in [-0.2, 0) is 46.2 Å². The first-order valence-corrected chi connectivity index (χ1v) is 17.5. The molecule has 0 bridgehead atoms. The molecule has 21 heteroatoms. The second-order valence-electron chi connectivity index (χ2n) is 11.9. The third-order valence-electron chi connectivity index (χ3n) is 7.95. The Morgan fingerprint density at radius 1 is 0.980 bits per heavy atom. The van der Waals surface area contributed by atoms with E-state index in [1.165, 1.54) is 41.7 Å². The molecule has 0 spiro atoms. The van der Waals surface area contributed by atoms with Crippen molar-refractivity contribution in [3.05, 3.63) is 48.0 Å². The number of hydrogen-bond acceptors (Lipinski definition) is 11. The number of nitrogens with two attached hydrogens (primary N) is 2. The summed E-state index contributed by atoms with van der Waals surface area (Å²) < 4.78 is 15.5. The Morgan fingerprint density at radius 2 is 1.67 bits per heavy atom. The average molecular weight is 739 g/mol. The number of amides is 4. The van der Waals surface area contributed by atoms with E-state index in [4.69, 9.17) is 21.3 Å². The van der Waals surface area contributed by atoms with E-state index in [0.717, 1.165) is 0 Å². The number of rotatable bonds is 20. The SMILES string of the molecule is NCCCC[C@H](NC(=O)[C@H](CC(=O)O)NC(=O)[C@@H](N)Cc1ccc(OP(=O)(O)O)cc1)C(=O)N1CCC[C@H]1C(=O)N[C@@H](Cc1cnc[nH]1)C(=O)O. The molecule has 0 radical (unpaired) electrons. The lowest BCUT2D eigenvalue weighted by Gasteiger charge is -2.30. The summed E-state index contributed by atoms with van der Waals surface area (Å²) in [5.74, 6) is -6.09. The van der Waals surface area contributed by atoms with Gasteiger partial charge in [-0.2, -0.15) is 0 Å². The van der Waals surface area contributed by atoms with Crippen molar-refractivity contribution in [3.8, 4) is 5.75 Å². The van der Waals surface area contributed by atoms with Gasteiger partial charge in [-0.1, -0.05) is 12.1 Å². The molecule has 4 amide bonds. The Balaban J connectivity index is 1.70. The van der Waals surface area contributed by atoms with E-state index in [0.29, 0.717) is 30.5 Å². The lowest BCUT2D eigenvalue weighted by Crippen LogP contribution is -2.58. The molecule has 280 valence electrons. The van der Waals surface area contributed by atoms with Crippen molar-refractivity contribution in [1.82, 2.24) is 30.8 Å². The van der Waals surface area contributed by atoms with Gasteiger partial charge >= 0.3 is 19.8 Å². The summed E-state index contributed by atoms with van der Waals surface area (Å²) in [4.78, 5) is 103. The largest absolute Gasteiger partial charge is 0.524 e. The minimum Gasteiger partial charge on any atom is -0.481 e. The Labute approximate surface area is 291 Å². The number of nitrogens with one attached hydrogen (secondary N) is 4. The lowest BCUT2D eigenvalue weighted by atomic mass is 10.0. The van der Waals surface area contributed by atoms with Gasteiger partial charge in [-0.25, -0.2) is 14.3 Å². The summed E-state index contributed by atoms with van der Waals surface area (Å²) in [5.41, 5.74) is 12.6. The zero-order valence-corrected chi connectivity index (χ0v) is 28.4. The average Bonchev–Trinajstić information content (AvgIpc) is 3.76. The number of carbonyl (C=O) groups excluding carboxylic acids is 4. The third kappa shape index (κ3) is 13.1. The molecule has 2 heterocycles. The van der Waals surface area contributed by atoms with Crippen LogP contribution in [0.2, 0.25) is 0 Å². The van der Waals surface area contributed by atoms with Crippen LogP contribution < -0.4 is 31.9 Å². The molecule has 2 aromatic rings. The maximum Gasteiger partial charge on any atom is 0.524 e. The highest BCUT2D eigenvalue weighted by Crippen LogP contribution is 2.37. The van der Waals surface area contributed by atoms with Crippen LogP contribution in [0.3, 0.4) is 0 Å². The molecule has 51 heavy (non-hydrogen) atoms. The van der Waals surface area contributed by atoms with E-state index in [1.807, 2.05) is 0 Å². The minimum atomic E-state index is -4.78. The summed E-state index contributed by atoms with van der Waals surface area (Å²) in [6.45, 7) is 0.417. The van der Waals surface area contributed by atoms with Crippen LogP contribution >= 0.6 is 7.82 Å². The molecule has 20 nitrogen and oxygen atoms in total. The molecule has 1 fully saturated rings. The fourth-order valence-electron chi connectivity index (χ4n) is 5.44. The predicted octanol–water partition coefficient (Wildman–Crippen LogP) is -1.87. The number of carboxylic acid groups (broad SMARTS) is 2. The number of aliphatic carboxylic acids is 2. The zero-order valence-electron chi connectivity index (χ0n) is 27.5. The quantitative estimate of drug-likeness (QED) is 0.0525. The van der Waals surface area contributed by atoms with Crippen LogP contribution in [-0.4, -0.2) is 114 Å². The van der Waals surface area contributed by atoms with Crippen molar-refractivity contribution in [2.45, 2.75) is 81.6 Å².